The second-order valence-corrected chi connectivity index (χ2v) is 7.86. The highest BCUT2D eigenvalue weighted by molar-refractivity contribution is 6.01. The number of hydrogen-bond acceptors (Lipinski definition) is 4. The molecule has 0 aliphatic carbocycles. The predicted molar refractivity (Wildman–Crippen MR) is 107 cm³/mol. The van der Waals surface area contributed by atoms with Crippen molar-refractivity contribution in [1.82, 2.24) is 15.2 Å². The number of piperidine rings is 1. The van der Waals surface area contributed by atoms with Crippen LogP contribution in [0.25, 0.3) is 11.1 Å². The van der Waals surface area contributed by atoms with E-state index in [9.17, 15) is 9.59 Å². The number of amides is 2. The van der Waals surface area contributed by atoms with E-state index in [-0.39, 0.29) is 12.1 Å². The van der Waals surface area contributed by atoms with Crippen molar-refractivity contribution in [2.75, 3.05) is 6.54 Å². The molecule has 0 spiro atoms. The van der Waals surface area contributed by atoms with Crippen LogP contribution < -0.4 is 5.32 Å². The van der Waals surface area contributed by atoms with Crippen LogP contribution in [0.2, 0.25) is 0 Å². The Morgan fingerprint density at radius 2 is 1.96 bits per heavy atom. The molecule has 1 fully saturated rings. The molecule has 28 heavy (non-hydrogen) atoms. The van der Waals surface area contributed by atoms with E-state index in [0.717, 1.165) is 24.0 Å². The number of ether oxygens (including phenoxy) is 1. The third-order valence-corrected chi connectivity index (χ3v) is 4.50. The molecule has 0 saturated carbocycles. The zero-order valence-electron chi connectivity index (χ0n) is 16.6. The fourth-order valence-corrected chi connectivity index (χ4v) is 3.30. The first-order valence-corrected chi connectivity index (χ1v) is 9.58. The molecule has 0 bridgehead atoms. The lowest BCUT2D eigenvalue weighted by molar-refractivity contribution is 0.0340. The number of alkyl carbamates (subject to hydrolysis) is 1. The Labute approximate surface area is 165 Å². The van der Waals surface area contributed by atoms with Gasteiger partial charge in [0.1, 0.15) is 11.8 Å². The van der Waals surface area contributed by atoms with Crippen molar-refractivity contribution in [3.8, 4) is 11.1 Å². The van der Waals surface area contributed by atoms with Gasteiger partial charge in [-0.15, -0.1) is 0 Å². The molecular formula is C22H26N3O3. The van der Waals surface area contributed by atoms with Gasteiger partial charge in [-0.3, -0.25) is 9.78 Å². The molecule has 1 unspecified atom stereocenters. The van der Waals surface area contributed by atoms with E-state index in [4.69, 9.17) is 4.74 Å². The van der Waals surface area contributed by atoms with Crippen LogP contribution in [0.4, 0.5) is 4.79 Å². The van der Waals surface area contributed by atoms with Gasteiger partial charge in [0.15, 0.2) is 0 Å². The highest BCUT2D eigenvalue weighted by Gasteiger charge is 2.31. The Balaban J connectivity index is 1.83. The van der Waals surface area contributed by atoms with E-state index >= 15 is 0 Å². The normalized spacial score (nSPS) is 17.1. The first kappa shape index (κ1) is 19.9. The van der Waals surface area contributed by atoms with E-state index in [1.54, 1.807) is 17.2 Å². The number of benzene rings is 1. The number of pyridine rings is 1. The molecule has 147 valence electrons. The maximum absolute atomic E-state index is 13.4. The summed E-state index contributed by atoms with van der Waals surface area (Å²) in [5.41, 5.74) is 1.53. The van der Waals surface area contributed by atoms with Crippen LogP contribution in [0.15, 0.2) is 42.6 Å². The van der Waals surface area contributed by atoms with Crippen molar-refractivity contribution < 1.29 is 14.3 Å². The third kappa shape index (κ3) is 4.88. The molecular weight excluding hydrogens is 354 g/mol. The van der Waals surface area contributed by atoms with Crippen LogP contribution in [-0.2, 0) is 4.74 Å². The maximum Gasteiger partial charge on any atom is 0.409 e. The molecule has 1 atom stereocenters. The zero-order valence-corrected chi connectivity index (χ0v) is 16.6. The maximum atomic E-state index is 13.4. The highest BCUT2D eigenvalue weighted by Crippen LogP contribution is 2.26. The summed E-state index contributed by atoms with van der Waals surface area (Å²) in [4.78, 5) is 31.4. The average molecular weight is 380 g/mol. The second-order valence-electron chi connectivity index (χ2n) is 7.86. The number of carbonyl (C=O) groups excluding carboxylic acids is 2. The Kier molecular flexibility index (Phi) is 5.97. The van der Waals surface area contributed by atoms with E-state index in [2.05, 4.69) is 16.5 Å². The van der Waals surface area contributed by atoms with Crippen LogP contribution in [0, 0.1) is 6.20 Å². The number of carbonyl (C=O) groups is 2. The molecule has 6 nitrogen and oxygen atoms in total. The summed E-state index contributed by atoms with van der Waals surface area (Å²) in [6.45, 7) is 6.04. The number of rotatable bonds is 3. The van der Waals surface area contributed by atoms with Gasteiger partial charge in [-0.05, 0) is 57.7 Å². The van der Waals surface area contributed by atoms with Gasteiger partial charge in [0.25, 0.3) is 5.91 Å². The highest BCUT2D eigenvalue weighted by atomic mass is 16.6. The quantitative estimate of drug-likeness (QED) is 0.873. The summed E-state index contributed by atoms with van der Waals surface area (Å²) in [5, 5.41) is 2.86. The van der Waals surface area contributed by atoms with Gasteiger partial charge in [0.2, 0.25) is 0 Å². The van der Waals surface area contributed by atoms with Gasteiger partial charge < -0.3 is 15.0 Å². The van der Waals surface area contributed by atoms with E-state index in [0.29, 0.717) is 18.5 Å². The van der Waals surface area contributed by atoms with Gasteiger partial charge in [-0.2, -0.15) is 0 Å². The van der Waals surface area contributed by atoms with E-state index in [1.807, 2.05) is 51.1 Å². The molecule has 2 amide bonds. The van der Waals surface area contributed by atoms with Gasteiger partial charge in [-0.1, -0.05) is 24.3 Å². The topological polar surface area (TPSA) is 71.5 Å². The van der Waals surface area contributed by atoms with E-state index in [1.165, 1.54) is 0 Å². The lowest BCUT2D eigenvalue weighted by Crippen LogP contribution is -2.54. The Morgan fingerprint density at radius 1 is 1.18 bits per heavy atom. The molecule has 1 N–H and O–H groups in total. The molecule has 1 aromatic carbocycles. The average Bonchev–Trinajstić information content (AvgIpc) is 2.67. The van der Waals surface area contributed by atoms with Gasteiger partial charge >= 0.3 is 6.09 Å². The summed E-state index contributed by atoms with van der Waals surface area (Å²) in [6.07, 6.45) is 6.25. The molecule has 2 aromatic rings. The Bertz CT molecular complexity index is 830. The molecule has 2 heterocycles. The van der Waals surface area contributed by atoms with Crippen molar-refractivity contribution >= 4 is 12.0 Å². The summed E-state index contributed by atoms with van der Waals surface area (Å²) < 4.78 is 5.37. The minimum atomic E-state index is -0.587. The van der Waals surface area contributed by atoms with Gasteiger partial charge in [0.05, 0.1) is 6.20 Å². The monoisotopic (exact) mass is 380 g/mol. The fourth-order valence-electron chi connectivity index (χ4n) is 3.30. The summed E-state index contributed by atoms with van der Waals surface area (Å²) in [7, 11) is 0. The molecule has 1 saturated heterocycles. The smallest absolute Gasteiger partial charge is 0.409 e. The van der Waals surface area contributed by atoms with Crippen molar-refractivity contribution in [3.05, 3.63) is 54.4 Å². The number of nitrogens with one attached hydrogen (secondary N) is 1. The van der Waals surface area contributed by atoms with Crippen LogP contribution in [0.1, 0.15) is 50.4 Å². The largest absolute Gasteiger partial charge is 0.444 e. The van der Waals surface area contributed by atoms with Crippen LogP contribution in [0.5, 0.6) is 0 Å². The standard InChI is InChI=1S/C22H26N3O3/c1-22(2,3)28-21(27)24-19-12-6-7-14-25(19)20(26)18-11-5-4-10-17(18)16-9-8-13-23-15-16/h4-5,8-11,13,19H,6-7,12,14H2,1-3H3,(H,24,27). The first-order valence-electron chi connectivity index (χ1n) is 9.58. The van der Waals surface area contributed by atoms with Crippen LogP contribution in [-0.4, -0.2) is 40.2 Å². The number of likely N-dealkylation sites (tertiary alicyclic amines) is 1. The number of aromatic nitrogens is 1. The number of hydrogen-bond donors (Lipinski definition) is 1. The number of nitrogens with zero attached hydrogens (tertiary/aromatic N) is 2. The SMILES string of the molecule is CC(C)(C)OC(=O)NC1CCCCN1C(=O)c1ccccc1-c1[c]nccc1. The lowest BCUT2D eigenvalue weighted by atomic mass is 9.98. The lowest BCUT2D eigenvalue weighted by Gasteiger charge is -2.36. The van der Waals surface area contributed by atoms with Crippen molar-refractivity contribution in [3.63, 3.8) is 0 Å². The molecule has 1 radical (unpaired) electrons. The van der Waals surface area contributed by atoms with Crippen molar-refractivity contribution in [1.29, 1.82) is 0 Å². The summed E-state index contributed by atoms with van der Waals surface area (Å²) in [6, 6.07) is 11.1. The molecule has 3 rings (SSSR count). The Hall–Kier alpha value is -2.89. The fraction of sp³-hybridized carbons (Fsp3) is 0.409. The Morgan fingerprint density at radius 3 is 2.68 bits per heavy atom. The first-order chi connectivity index (χ1) is 13.3. The van der Waals surface area contributed by atoms with Crippen molar-refractivity contribution in [2.24, 2.45) is 0 Å². The van der Waals surface area contributed by atoms with Gasteiger partial charge in [0, 0.05) is 23.9 Å². The van der Waals surface area contributed by atoms with Crippen molar-refractivity contribution in [2.45, 2.75) is 51.8 Å². The second kappa shape index (κ2) is 8.42. The molecule has 6 heteroatoms. The predicted octanol–water partition coefficient (Wildman–Crippen LogP) is 4.03. The molecule has 1 aliphatic heterocycles. The minimum Gasteiger partial charge on any atom is -0.444 e. The zero-order chi connectivity index (χ0) is 20.1. The molecule has 1 aromatic heterocycles. The van der Waals surface area contributed by atoms with Gasteiger partial charge in [-0.25, -0.2) is 4.79 Å². The summed E-state index contributed by atoms with van der Waals surface area (Å²) >= 11 is 0. The third-order valence-electron chi connectivity index (χ3n) is 4.50. The van der Waals surface area contributed by atoms with Crippen LogP contribution in [0.3, 0.4) is 0 Å². The van der Waals surface area contributed by atoms with Crippen LogP contribution >= 0.6 is 0 Å². The minimum absolute atomic E-state index is 0.117. The molecule has 1 aliphatic rings. The van der Waals surface area contributed by atoms with E-state index < -0.39 is 11.7 Å². The summed E-state index contributed by atoms with van der Waals surface area (Å²) in [5.74, 6) is -0.117.